The quantitative estimate of drug-likeness (QED) is 0.476. The lowest BCUT2D eigenvalue weighted by molar-refractivity contribution is -0.120. The largest absolute Gasteiger partial charge is 0.291 e. The van der Waals surface area contributed by atoms with Gasteiger partial charge in [-0.25, -0.2) is 5.43 Å². The topological polar surface area (TPSA) is 58.2 Å². The van der Waals surface area contributed by atoms with Gasteiger partial charge in [0.25, 0.3) is 0 Å². The molecule has 0 unspecified atom stereocenters. The first-order chi connectivity index (χ1) is 4.20. The van der Waals surface area contributed by atoms with Crippen LogP contribution in [0.2, 0.25) is 0 Å². The van der Waals surface area contributed by atoms with Gasteiger partial charge in [-0.15, -0.1) is 0 Å². The smallest absolute Gasteiger partial charge is 0.240 e. The second kappa shape index (κ2) is 2.33. The fourth-order valence-electron chi connectivity index (χ4n) is 0.592. The third-order valence-electron chi connectivity index (χ3n) is 1.05. The Morgan fingerprint density at radius 2 is 2.44 bits per heavy atom. The third kappa shape index (κ3) is 1.40. The molecule has 50 valence electrons. The molecular weight excluding hydrogens is 144 g/mol. The van der Waals surface area contributed by atoms with Crippen molar-refractivity contribution in [3.05, 3.63) is 0 Å². The number of hydrazine groups is 1. The first-order valence-electron chi connectivity index (χ1n) is 2.44. The van der Waals surface area contributed by atoms with Crippen molar-refractivity contribution in [1.29, 1.82) is 0 Å². The SMILES string of the molecule is O=C1C[C@H](C(=O)Cl)NN1. The Labute approximate surface area is 56.5 Å². The Kier molecular flexibility index (Phi) is 1.68. The van der Waals surface area contributed by atoms with E-state index >= 15 is 0 Å². The van der Waals surface area contributed by atoms with Crippen molar-refractivity contribution in [1.82, 2.24) is 10.9 Å². The van der Waals surface area contributed by atoms with Crippen LogP contribution in [-0.4, -0.2) is 17.2 Å². The van der Waals surface area contributed by atoms with Gasteiger partial charge < -0.3 is 0 Å². The number of amides is 1. The lowest BCUT2D eigenvalue weighted by atomic mass is 10.3. The zero-order chi connectivity index (χ0) is 6.85. The van der Waals surface area contributed by atoms with Crippen molar-refractivity contribution in [3.63, 3.8) is 0 Å². The normalized spacial score (nSPS) is 25.9. The van der Waals surface area contributed by atoms with Crippen molar-refractivity contribution in [2.75, 3.05) is 0 Å². The van der Waals surface area contributed by atoms with Crippen LogP contribution in [0, 0.1) is 0 Å². The van der Waals surface area contributed by atoms with E-state index in [0.29, 0.717) is 0 Å². The molecule has 1 atom stereocenters. The molecule has 1 amide bonds. The minimum absolute atomic E-state index is 0.141. The molecule has 2 N–H and O–H groups in total. The molecule has 1 heterocycles. The Bertz CT molecular complexity index is 159. The summed E-state index contributed by atoms with van der Waals surface area (Å²) in [5, 5.41) is -0.534. The van der Waals surface area contributed by atoms with Gasteiger partial charge in [-0.05, 0) is 11.6 Å². The second-order valence-electron chi connectivity index (χ2n) is 1.75. The Hall–Kier alpha value is -0.610. The van der Waals surface area contributed by atoms with Crippen molar-refractivity contribution >= 4 is 22.8 Å². The number of hydrogen-bond acceptors (Lipinski definition) is 3. The van der Waals surface area contributed by atoms with E-state index in [1.165, 1.54) is 0 Å². The fourth-order valence-corrected chi connectivity index (χ4v) is 0.724. The molecule has 0 bridgehead atoms. The van der Waals surface area contributed by atoms with E-state index in [9.17, 15) is 9.59 Å². The number of halogens is 1. The van der Waals surface area contributed by atoms with Crippen LogP contribution in [0.25, 0.3) is 0 Å². The fraction of sp³-hybridized carbons (Fsp3) is 0.500. The highest BCUT2D eigenvalue weighted by molar-refractivity contribution is 6.65. The molecule has 1 rings (SSSR count). The van der Waals surface area contributed by atoms with Crippen molar-refractivity contribution in [2.24, 2.45) is 0 Å². The maximum Gasteiger partial charge on any atom is 0.240 e. The zero-order valence-corrected chi connectivity index (χ0v) is 5.23. The first kappa shape index (κ1) is 6.51. The number of nitrogens with one attached hydrogen (secondary N) is 2. The van der Waals surface area contributed by atoms with Gasteiger partial charge in [0, 0.05) is 0 Å². The van der Waals surface area contributed by atoms with Crippen molar-refractivity contribution < 1.29 is 9.59 Å². The Balaban J connectivity index is 2.48. The molecule has 0 aromatic heterocycles. The van der Waals surface area contributed by atoms with E-state index in [4.69, 9.17) is 11.6 Å². The molecule has 5 heteroatoms. The van der Waals surface area contributed by atoms with Gasteiger partial charge in [0.05, 0.1) is 6.42 Å². The zero-order valence-electron chi connectivity index (χ0n) is 4.48. The van der Waals surface area contributed by atoms with Crippen LogP contribution in [0.5, 0.6) is 0 Å². The number of carbonyl (C=O) groups excluding carboxylic acids is 2. The van der Waals surface area contributed by atoms with E-state index in [1.807, 2.05) is 0 Å². The van der Waals surface area contributed by atoms with Crippen LogP contribution in [0.4, 0.5) is 0 Å². The highest BCUT2D eigenvalue weighted by Gasteiger charge is 2.25. The summed E-state index contributed by atoms with van der Waals surface area (Å²) in [6, 6.07) is -0.542. The van der Waals surface area contributed by atoms with E-state index < -0.39 is 11.3 Å². The molecule has 0 aromatic carbocycles. The van der Waals surface area contributed by atoms with E-state index in [1.54, 1.807) is 0 Å². The first-order valence-corrected chi connectivity index (χ1v) is 2.81. The van der Waals surface area contributed by atoms with E-state index in [0.717, 1.165) is 0 Å². The van der Waals surface area contributed by atoms with Crippen LogP contribution in [0.15, 0.2) is 0 Å². The lowest BCUT2D eigenvalue weighted by Gasteiger charge is -1.97. The lowest BCUT2D eigenvalue weighted by Crippen LogP contribution is -2.34. The van der Waals surface area contributed by atoms with Crippen LogP contribution in [0.3, 0.4) is 0 Å². The summed E-state index contributed by atoms with van der Waals surface area (Å²) in [6.07, 6.45) is 0.141. The number of rotatable bonds is 1. The molecule has 1 aliphatic rings. The average Bonchev–Trinajstić information content (AvgIpc) is 2.14. The predicted octanol–water partition coefficient (Wildman–Crippen LogP) is -0.855. The van der Waals surface area contributed by atoms with Gasteiger partial charge in [0.2, 0.25) is 11.1 Å². The third-order valence-corrected chi connectivity index (χ3v) is 1.31. The number of hydrogen-bond donors (Lipinski definition) is 2. The van der Waals surface area contributed by atoms with Gasteiger partial charge in [-0.1, -0.05) is 0 Å². The van der Waals surface area contributed by atoms with E-state index in [-0.39, 0.29) is 12.3 Å². The standard InChI is InChI=1S/C4H5ClN2O2/c5-4(9)2-1-3(8)7-6-2/h2,6H,1H2,(H,7,8)/t2-/m1/s1. The molecule has 0 aliphatic carbocycles. The van der Waals surface area contributed by atoms with Crippen molar-refractivity contribution in [3.8, 4) is 0 Å². The molecule has 1 aliphatic heterocycles. The maximum atomic E-state index is 10.4. The molecule has 4 nitrogen and oxygen atoms in total. The summed E-state index contributed by atoms with van der Waals surface area (Å²) in [6.45, 7) is 0. The summed E-state index contributed by atoms with van der Waals surface area (Å²) >= 11 is 5.06. The maximum absolute atomic E-state index is 10.4. The van der Waals surface area contributed by atoms with Gasteiger partial charge in [0.15, 0.2) is 0 Å². The van der Waals surface area contributed by atoms with Gasteiger partial charge >= 0.3 is 0 Å². The average molecular weight is 149 g/mol. The number of carbonyl (C=O) groups is 2. The highest BCUT2D eigenvalue weighted by atomic mass is 35.5. The monoisotopic (exact) mass is 148 g/mol. The predicted molar refractivity (Wildman–Crippen MR) is 30.5 cm³/mol. The summed E-state index contributed by atoms with van der Waals surface area (Å²) in [5.74, 6) is -0.200. The molecule has 1 saturated heterocycles. The van der Waals surface area contributed by atoms with Gasteiger partial charge in [-0.2, -0.15) is 0 Å². The molecule has 0 radical (unpaired) electrons. The summed E-state index contributed by atoms with van der Waals surface area (Å²) < 4.78 is 0. The minimum atomic E-state index is -0.542. The van der Waals surface area contributed by atoms with Crippen LogP contribution in [0.1, 0.15) is 6.42 Å². The summed E-state index contributed by atoms with van der Waals surface area (Å²) in [7, 11) is 0. The molecule has 0 spiro atoms. The summed E-state index contributed by atoms with van der Waals surface area (Å²) in [5.41, 5.74) is 4.68. The van der Waals surface area contributed by atoms with Crippen molar-refractivity contribution in [2.45, 2.75) is 12.5 Å². The summed E-state index contributed by atoms with van der Waals surface area (Å²) in [4.78, 5) is 20.7. The molecule has 0 saturated carbocycles. The van der Waals surface area contributed by atoms with Crippen LogP contribution < -0.4 is 10.9 Å². The molecule has 0 aromatic rings. The molecule has 9 heavy (non-hydrogen) atoms. The minimum Gasteiger partial charge on any atom is -0.291 e. The Morgan fingerprint density at radius 3 is 2.67 bits per heavy atom. The second-order valence-corrected chi connectivity index (χ2v) is 2.13. The van der Waals surface area contributed by atoms with E-state index in [2.05, 4.69) is 10.9 Å². The Morgan fingerprint density at radius 1 is 1.78 bits per heavy atom. The van der Waals surface area contributed by atoms with Crippen LogP contribution in [-0.2, 0) is 9.59 Å². The van der Waals surface area contributed by atoms with Gasteiger partial charge in [0.1, 0.15) is 6.04 Å². The highest BCUT2D eigenvalue weighted by Crippen LogP contribution is 2.00. The molecule has 1 fully saturated rings. The van der Waals surface area contributed by atoms with Crippen LogP contribution >= 0.6 is 11.6 Å². The van der Waals surface area contributed by atoms with Gasteiger partial charge in [-0.3, -0.25) is 15.0 Å². The molecular formula is C4H5ClN2O2.